The molecule has 1 nitrogen and oxygen atoms in total. The molecule has 0 aromatic heterocycles. The van der Waals surface area contributed by atoms with Crippen LogP contribution in [0.15, 0.2) is 0 Å². The van der Waals surface area contributed by atoms with E-state index < -0.39 is 0 Å². The van der Waals surface area contributed by atoms with Crippen LogP contribution in [0.1, 0.15) is 58.3 Å². The molecule has 0 radical (unpaired) electrons. The van der Waals surface area contributed by atoms with Crippen molar-refractivity contribution in [3.8, 4) is 0 Å². The molecule has 13 heavy (non-hydrogen) atoms. The highest BCUT2D eigenvalue weighted by atomic mass is 15.0. The maximum atomic E-state index is 3.88. The molecule has 1 heteroatoms. The minimum atomic E-state index is 0.869. The molecule has 2 aliphatic carbocycles. The first kappa shape index (κ1) is 9.51. The third-order valence-corrected chi connectivity index (χ3v) is 3.99. The van der Waals surface area contributed by atoms with Gasteiger partial charge in [0.25, 0.3) is 0 Å². The molecule has 2 atom stereocenters. The van der Waals surface area contributed by atoms with Gasteiger partial charge in [0.2, 0.25) is 0 Å². The van der Waals surface area contributed by atoms with Crippen LogP contribution in [0.3, 0.4) is 0 Å². The lowest BCUT2D eigenvalue weighted by molar-refractivity contribution is 0.349. The zero-order chi connectivity index (χ0) is 9.10. The second-order valence-electron chi connectivity index (χ2n) is 4.85. The zero-order valence-electron chi connectivity index (χ0n) is 8.89. The van der Waals surface area contributed by atoms with Gasteiger partial charge in [-0.15, -0.1) is 0 Å². The Morgan fingerprint density at radius 1 is 1.00 bits per heavy atom. The van der Waals surface area contributed by atoms with Gasteiger partial charge in [-0.2, -0.15) is 0 Å². The summed E-state index contributed by atoms with van der Waals surface area (Å²) in [5, 5.41) is 3.88. The Bertz CT molecular complexity index is 149. The third-order valence-electron chi connectivity index (χ3n) is 3.99. The second kappa shape index (κ2) is 4.45. The Balaban J connectivity index is 1.79. The maximum absolute atomic E-state index is 3.88. The summed E-state index contributed by atoms with van der Waals surface area (Å²) in [4.78, 5) is 0. The second-order valence-corrected chi connectivity index (χ2v) is 4.85. The number of nitrogens with one attached hydrogen (secondary N) is 1. The van der Waals surface area contributed by atoms with Gasteiger partial charge in [-0.3, -0.25) is 0 Å². The van der Waals surface area contributed by atoms with Gasteiger partial charge in [-0.25, -0.2) is 0 Å². The summed E-state index contributed by atoms with van der Waals surface area (Å²) in [6, 6.07) is 1.74. The van der Waals surface area contributed by atoms with Gasteiger partial charge in [0.1, 0.15) is 0 Å². The van der Waals surface area contributed by atoms with Crippen molar-refractivity contribution in [2.75, 3.05) is 0 Å². The van der Waals surface area contributed by atoms with Crippen molar-refractivity contribution < 1.29 is 0 Å². The van der Waals surface area contributed by atoms with Crippen LogP contribution in [0.5, 0.6) is 0 Å². The average molecular weight is 181 g/mol. The lowest BCUT2D eigenvalue weighted by Crippen LogP contribution is -2.38. The Labute approximate surface area is 82.3 Å². The van der Waals surface area contributed by atoms with Crippen molar-refractivity contribution in [3.63, 3.8) is 0 Å². The van der Waals surface area contributed by atoms with Crippen LogP contribution in [0.4, 0.5) is 0 Å². The Morgan fingerprint density at radius 2 is 1.77 bits per heavy atom. The topological polar surface area (TPSA) is 12.0 Å². The molecule has 0 spiro atoms. The predicted octanol–water partition coefficient (Wildman–Crippen LogP) is 3.10. The standard InChI is InChI=1S/C12H23N/c1-2-10-6-5-9-12(10)13-11-7-3-4-8-11/h10-13H,2-9H2,1H3. The lowest BCUT2D eigenvalue weighted by Gasteiger charge is -2.23. The third kappa shape index (κ3) is 2.25. The monoisotopic (exact) mass is 181 g/mol. The molecule has 76 valence electrons. The van der Waals surface area contributed by atoms with Crippen LogP contribution < -0.4 is 5.32 Å². The summed E-state index contributed by atoms with van der Waals surface area (Å²) >= 11 is 0. The number of hydrogen-bond donors (Lipinski definition) is 1. The smallest absolute Gasteiger partial charge is 0.00978 e. The number of rotatable bonds is 3. The molecule has 0 heterocycles. The van der Waals surface area contributed by atoms with Crippen molar-refractivity contribution in [1.82, 2.24) is 5.32 Å². The van der Waals surface area contributed by atoms with Crippen LogP contribution in [-0.2, 0) is 0 Å². The first-order chi connectivity index (χ1) is 6.40. The minimum Gasteiger partial charge on any atom is -0.311 e. The predicted molar refractivity (Wildman–Crippen MR) is 56.8 cm³/mol. The van der Waals surface area contributed by atoms with Crippen molar-refractivity contribution in [1.29, 1.82) is 0 Å². The summed E-state index contributed by atoms with van der Waals surface area (Å²) in [7, 11) is 0. The van der Waals surface area contributed by atoms with Crippen molar-refractivity contribution in [2.45, 2.75) is 70.4 Å². The lowest BCUT2D eigenvalue weighted by atomic mass is 9.99. The Morgan fingerprint density at radius 3 is 2.46 bits per heavy atom. The molecule has 2 fully saturated rings. The summed E-state index contributed by atoms with van der Waals surface area (Å²) in [5.41, 5.74) is 0. The molecule has 0 aromatic carbocycles. The van der Waals surface area contributed by atoms with Gasteiger partial charge in [-0.05, 0) is 31.6 Å². The van der Waals surface area contributed by atoms with Gasteiger partial charge in [0.05, 0.1) is 0 Å². The summed E-state index contributed by atoms with van der Waals surface area (Å²) in [5.74, 6) is 0.987. The van der Waals surface area contributed by atoms with Crippen LogP contribution in [-0.4, -0.2) is 12.1 Å². The van der Waals surface area contributed by atoms with E-state index in [4.69, 9.17) is 0 Å². The first-order valence-corrected chi connectivity index (χ1v) is 6.16. The van der Waals surface area contributed by atoms with E-state index in [1.807, 2.05) is 0 Å². The normalized spacial score (nSPS) is 35.8. The molecule has 0 aliphatic heterocycles. The zero-order valence-corrected chi connectivity index (χ0v) is 8.89. The quantitative estimate of drug-likeness (QED) is 0.705. The molecule has 0 amide bonds. The van der Waals surface area contributed by atoms with E-state index >= 15 is 0 Å². The van der Waals surface area contributed by atoms with E-state index in [1.54, 1.807) is 0 Å². The van der Waals surface area contributed by atoms with Gasteiger partial charge in [0, 0.05) is 12.1 Å². The van der Waals surface area contributed by atoms with E-state index in [9.17, 15) is 0 Å². The van der Waals surface area contributed by atoms with Crippen LogP contribution in [0, 0.1) is 5.92 Å². The van der Waals surface area contributed by atoms with Gasteiger partial charge in [0.15, 0.2) is 0 Å². The molecular weight excluding hydrogens is 158 g/mol. The molecule has 0 bridgehead atoms. The molecule has 1 N–H and O–H groups in total. The Hall–Kier alpha value is -0.0400. The number of hydrogen-bond acceptors (Lipinski definition) is 1. The van der Waals surface area contributed by atoms with E-state index in [0.717, 1.165) is 18.0 Å². The van der Waals surface area contributed by atoms with Gasteiger partial charge >= 0.3 is 0 Å². The van der Waals surface area contributed by atoms with Gasteiger partial charge < -0.3 is 5.32 Å². The fraction of sp³-hybridized carbons (Fsp3) is 1.00. The SMILES string of the molecule is CCC1CCCC1NC1CCCC1. The molecule has 2 saturated carbocycles. The van der Waals surface area contributed by atoms with Crippen LogP contribution in [0.25, 0.3) is 0 Å². The van der Waals surface area contributed by atoms with Gasteiger partial charge in [-0.1, -0.05) is 32.6 Å². The highest BCUT2D eigenvalue weighted by Gasteiger charge is 2.28. The maximum Gasteiger partial charge on any atom is 0.00978 e. The molecule has 2 aliphatic rings. The van der Waals surface area contributed by atoms with Crippen LogP contribution >= 0.6 is 0 Å². The Kier molecular flexibility index (Phi) is 3.26. The fourth-order valence-corrected chi connectivity index (χ4v) is 3.14. The summed E-state index contributed by atoms with van der Waals surface area (Å²) in [6.45, 7) is 2.35. The molecular formula is C12H23N. The highest BCUT2D eigenvalue weighted by molar-refractivity contribution is 4.86. The van der Waals surface area contributed by atoms with E-state index in [1.165, 1.54) is 51.4 Å². The van der Waals surface area contributed by atoms with Crippen LogP contribution in [0.2, 0.25) is 0 Å². The summed E-state index contributed by atoms with van der Waals surface area (Å²) < 4.78 is 0. The minimum absolute atomic E-state index is 0.869. The largest absolute Gasteiger partial charge is 0.311 e. The highest BCUT2D eigenvalue weighted by Crippen LogP contribution is 2.30. The fourth-order valence-electron chi connectivity index (χ4n) is 3.14. The average Bonchev–Trinajstić information content (AvgIpc) is 2.76. The molecule has 0 saturated heterocycles. The van der Waals surface area contributed by atoms with Crippen molar-refractivity contribution in [3.05, 3.63) is 0 Å². The first-order valence-electron chi connectivity index (χ1n) is 6.16. The van der Waals surface area contributed by atoms with E-state index in [-0.39, 0.29) is 0 Å². The summed E-state index contributed by atoms with van der Waals surface area (Å²) in [6.07, 6.45) is 11.5. The van der Waals surface area contributed by atoms with E-state index in [0.29, 0.717) is 0 Å². The molecule has 2 unspecified atom stereocenters. The van der Waals surface area contributed by atoms with E-state index in [2.05, 4.69) is 12.2 Å². The van der Waals surface area contributed by atoms with Crippen molar-refractivity contribution >= 4 is 0 Å². The van der Waals surface area contributed by atoms with Crippen molar-refractivity contribution in [2.24, 2.45) is 5.92 Å². The molecule has 2 rings (SSSR count). The molecule has 0 aromatic rings.